The van der Waals surface area contributed by atoms with E-state index >= 15 is 0 Å². The molecule has 0 aliphatic rings. The van der Waals surface area contributed by atoms with Gasteiger partial charge in [0.1, 0.15) is 0 Å². The minimum atomic E-state index is -0.677. The van der Waals surface area contributed by atoms with Crippen LogP contribution in [0.3, 0.4) is 0 Å². The van der Waals surface area contributed by atoms with Crippen LogP contribution in [-0.4, -0.2) is 47.4 Å². The van der Waals surface area contributed by atoms with Crippen LogP contribution < -0.4 is 5.32 Å². The van der Waals surface area contributed by atoms with Crippen molar-refractivity contribution in [2.75, 3.05) is 13.2 Å². The Bertz CT molecular complexity index is 717. The third kappa shape index (κ3) is 38.4. The molecule has 0 bridgehead atoms. The number of amides is 1. The molecule has 0 rings (SSSR count). The summed E-state index contributed by atoms with van der Waals surface area (Å²) in [7, 11) is 0. The number of nitrogens with one attached hydrogen (secondary N) is 1. The monoisotopic (exact) mass is 724 g/mol. The molecule has 0 heterocycles. The number of carbonyl (C=O) groups is 2. The maximum Gasteiger partial charge on any atom is 0.305 e. The number of unbranched alkanes of at least 4 members (excludes halogenated alkanes) is 31. The Hall–Kier alpha value is -1.14. The Morgan fingerprint density at radius 3 is 1.20 bits per heavy atom. The van der Waals surface area contributed by atoms with Gasteiger partial charge in [-0.25, -0.2) is 0 Å². The highest BCUT2D eigenvalue weighted by molar-refractivity contribution is 5.76. The van der Waals surface area contributed by atoms with Crippen LogP contribution in [0.5, 0.6) is 0 Å². The summed E-state index contributed by atoms with van der Waals surface area (Å²) in [5, 5.41) is 23.1. The van der Waals surface area contributed by atoms with Gasteiger partial charge in [0.2, 0.25) is 5.91 Å². The standard InChI is InChI=1S/C45H89NO5/c1-3-5-7-9-11-13-15-16-17-19-23-27-31-35-39-45(50)51-40-36-32-28-24-20-22-26-30-34-38-44(49)46-42(41-47)43(48)37-33-29-25-21-18-14-12-10-8-6-4-2/h42-43,47-48H,3-41H2,1-2H3,(H,46,49). The largest absolute Gasteiger partial charge is 0.466 e. The number of aliphatic hydroxyl groups excluding tert-OH is 2. The minimum Gasteiger partial charge on any atom is -0.466 e. The van der Waals surface area contributed by atoms with Crippen molar-refractivity contribution in [2.24, 2.45) is 0 Å². The van der Waals surface area contributed by atoms with E-state index in [-0.39, 0.29) is 18.5 Å². The second-order valence-corrected chi connectivity index (χ2v) is 15.7. The van der Waals surface area contributed by atoms with Gasteiger partial charge in [-0.05, 0) is 25.7 Å². The molecule has 6 nitrogen and oxygen atoms in total. The molecule has 0 aliphatic carbocycles. The molecule has 2 unspecified atom stereocenters. The Morgan fingerprint density at radius 1 is 0.471 bits per heavy atom. The maximum atomic E-state index is 12.4. The number of carbonyl (C=O) groups excluding carboxylic acids is 2. The molecule has 0 aromatic carbocycles. The predicted molar refractivity (Wildman–Crippen MR) is 218 cm³/mol. The van der Waals surface area contributed by atoms with E-state index < -0.39 is 12.1 Å². The SMILES string of the molecule is CCCCCCCCCCCCCCCCC(=O)OCCCCCCCCCCCC(=O)NC(CO)C(O)CCCCCCCCCCCCC. The highest BCUT2D eigenvalue weighted by Crippen LogP contribution is 2.16. The van der Waals surface area contributed by atoms with Gasteiger partial charge in [0.15, 0.2) is 0 Å². The summed E-state index contributed by atoms with van der Waals surface area (Å²) in [6, 6.07) is -0.557. The molecule has 0 fully saturated rings. The van der Waals surface area contributed by atoms with E-state index in [2.05, 4.69) is 19.2 Å². The van der Waals surface area contributed by atoms with Crippen LogP contribution in [0, 0.1) is 0 Å². The molecule has 3 N–H and O–H groups in total. The molecule has 0 aliphatic heterocycles. The summed E-state index contributed by atoms with van der Waals surface area (Å²) >= 11 is 0. The number of rotatable bonds is 42. The van der Waals surface area contributed by atoms with Gasteiger partial charge in [-0.15, -0.1) is 0 Å². The molecule has 2 atom stereocenters. The van der Waals surface area contributed by atoms with Gasteiger partial charge >= 0.3 is 5.97 Å². The molecule has 304 valence electrons. The number of hydrogen-bond acceptors (Lipinski definition) is 5. The third-order valence-corrected chi connectivity index (χ3v) is 10.7. The minimum absolute atomic E-state index is 0.0229. The van der Waals surface area contributed by atoms with Crippen molar-refractivity contribution < 1.29 is 24.5 Å². The van der Waals surface area contributed by atoms with Crippen molar-refractivity contribution in [3.05, 3.63) is 0 Å². The average molecular weight is 724 g/mol. The molecule has 0 spiro atoms. The Balaban J connectivity index is 3.47. The average Bonchev–Trinajstić information content (AvgIpc) is 3.13. The van der Waals surface area contributed by atoms with Crippen LogP contribution in [0.1, 0.15) is 251 Å². The van der Waals surface area contributed by atoms with Gasteiger partial charge in [0, 0.05) is 12.8 Å². The van der Waals surface area contributed by atoms with Crippen LogP contribution in [0.15, 0.2) is 0 Å². The third-order valence-electron chi connectivity index (χ3n) is 10.7. The lowest BCUT2D eigenvalue weighted by molar-refractivity contribution is -0.143. The topological polar surface area (TPSA) is 95.9 Å². The summed E-state index contributed by atoms with van der Waals surface area (Å²) < 4.78 is 5.44. The van der Waals surface area contributed by atoms with Crippen LogP contribution >= 0.6 is 0 Å². The lowest BCUT2D eigenvalue weighted by Gasteiger charge is -2.22. The van der Waals surface area contributed by atoms with Crippen molar-refractivity contribution in [1.29, 1.82) is 0 Å². The highest BCUT2D eigenvalue weighted by Gasteiger charge is 2.20. The van der Waals surface area contributed by atoms with Crippen LogP contribution in [0.4, 0.5) is 0 Å². The van der Waals surface area contributed by atoms with Gasteiger partial charge < -0.3 is 20.3 Å². The smallest absolute Gasteiger partial charge is 0.305 e. The first-order valence-electron chi connectivity index (χ1n) is 22.8. The van der Waals surface area contributed by atoms with E-state index in [1.165, 1.54) is 161 Å². The summed E-state index contributed by atoms with van der Waals surface area (Å²) in [5.41, 5.74) is 0. The van der Waals surface area contributed by atoms with E-state index in [0.717, 1.165) is 57.8 Å². The summed E-state index contributed by atoms with van der Waals surface area (Å²) in [4.78, 5) is 24.4. The fourth-order valence-electron chi connectivity index (χ4n) is 7.11. The van der Waals surface area contributed by atoms with E-state index in [4.69, 9.17) is 4.74 Å². The Morgan fingerprint density at radius 2 is 0.804 bits per heavy atom. The van der Waals surface area contributed by atoms with Gasteiger partial charge in [-0.1, -0.05) is 213 Å². The van der Waals surface area contributed by atoms with Crippen molar-refractivity contribution in [1.82, 2.24) is 5.32 Å². The summed E-state index contributed by atoms with van der Waals surface area (Å²) in [5.74, 6) is -0.0856. The summed E-state index contributed by atoms with van der Waals surface area (Å²) in [6.45, 7) is 4.88. The Labute approximate surface area is 317 Å². The normalized spacial score (nSPS) is 12.6. The number of hydrogen-bond donors (Lipinski definition) is 3. The van der Waals surface area contributed by atoms with E-state index in [1.807, 2.05) is 0 Å². The predicted octanol–water partition coefficient (Wildman–Crippen LogP) is 12.8. The molecule has 6 heteroatoms. The van der Waals surface area contributed by atoms with Crippen LogP contribution in [-0.2, 0) is 14.3 Å². The van der Waals surface area contributed by atoms with Gasteiger partial charge in [0.25, 0.3) is 0 Å². The second-order valence-electron chi connectivity index (χ2n) is 15.7. The van der Waals surface area contributed by atoms with Crippen molar-refractivity contribution >= 4 is 11.9 Å². The fourth-order valence-corrected chi connectivity index (χ4v) is 7.11. The first kappa shape index (κ1) is 49.9. The number of ether oxygens (including phenoxy) is 1. The molecule has 0 saturated heterocycles. The molecular formula is C45H89NO5. The van der Waals surface area contributed by atoms with E-state index in [1.54, 1.807) is 0 Å². The number of aliphatic hydroxyl groups is 2. The zero-order valence-electron chi connectivity index (χ0n) is 34.4. The molecule has 0 aromatic rings. The molecular weight excluding hydrogens is 634 g/mol. The van der Waals surface area contributed by atoms with Crippen molar-refractivity contribution in [3.63, 3.8) is 0 Å². The van der Waals surface area contributed by atoms with Crippen molar-refractivity contribution in [3.8, 4) is 0 Å². The van der Waals surface area contributed by atoms with Gasteiger partial charge in [0.05, 0.1) is 25.4 Å². The highest BCUT2D eigenvalue weighted by atomic mass is 16.5. The van der Waals surface area contributed by atoms with Crippen LogP contribution in [0.25, 0.3) is 0 Å². The number of esters is 1. The van der Waals surface area contributed by atoms with E-state index in [0.29, 0.717) is 25.9 Å². The van der Waals surface area contributed by atoms with Crippen molar-refractivity contribution in [2.45, 2.75) is 264 Å². The van der Waals surface area contributed by atoms with Crippen LogP contribution in [0.2, 0.25) is 0 Å². The summed E-state index contributed by atoms with van der Waals surface area (Å²) in [6.07, 6.45) is 43.4. The quantitative estimate of drug-likeness (QED) is 0.0430. The molecule has 0 aromatic heterocycles. The second kappa shape index (κ2) is 41.6. The zero-order chi connectivity index (χ0) is 37.3. The Kier molecular flexibility index (Phi) is 40.7. The maximum absolute atomic E-state index is 12.4. The zero-order valence-corrected chi connectivity index (χ0v) is 34.4. The molecule has 0 saturated carbocycles. The first-order chi connectivity index (χ1) is 25.0. The fraction of sp³-hybridized carbons (Fsp3) is 0.956. The molecule has 0 radical (unpaired) electrons. The lowest BCUT2D eigenvalue weighted by atomic mass is 10.0. The lowest BCUT2D eigenvalue weighted by Crippen LogP contribution is -2.45. The van der Waals surface area contributed by atoms with E-state index in [9.17, 15) is 19.8 Å². The molecule has 1 amide bonds. The van der Waals surface area contributed by atoms with Gasteiger partial charge in [-0.2, -0.15) is 0 Å². The first-order valence-corrected chi connectivity index (χ1v) is 22.8. The van der Waals surface area contributed by atoms with Gasteiger partial charge in [-0.3, -0.25) is 9.59 Å². The molecule has 51 heavy (non-hydrogen) atoms.